The van der Waals surface area contributed by atoms with Crippen LogP contribution in [0.3, 0.4) is 0 Å². The first-order chi connectivity index (χ1) is 9.80. The zero-order valence-corrected chi connectivity index (χ0v) is 12.5. The topological polar surface area (TPSA) is 0 Å². The van der Waals surface area contributed by atoms with Gasteiger partial charge in [-0.3, -0.25) is 0 Å². The van der Waals surface area contributed by atoms with Crippen molar-refractivity contribution in [2.75, 3.05) is 0 Å². The molecule has 0 rings (SSSR count). The Balaban J connectivity index is 6.17. The van der Waals surface area contributed by atoms with Crippen molar-refractivity contribution in [3.8, 4) is 0 Å². The number of hydrogen-bond acceptors (Lipinski definition) is 0. The highest BCUT2D eigenvalue weighted by Crippen LogP contribution is 2.58. The van der Waals surface area contributed by atoms with Gasteiger partial charge in [0, 0.05) is 0 Å². The number of hydrogen-bond donors (Lipinski definition) is 0. The van der Waals surface area contributed by atoms with Gasteiger partial charge in [-0.15, -0.1) is 0 Å². The van der Waals surface area contributed by atoms with E-state index in [-0.39, 0.29) is 0 Å². The van der Waals surface area contributed by atoms with Crippen LogP contribution in [0.2, 0.25) is 0 Å². The lowest BCUT2D eigenvalue weighted by molar-refractivity contribution is -0.412. The van der Waals surface area contributed by atoms with Crippen LogP contribution in [0.25, 0.3) is 0 Å². The van der Waals surface area contributed by atoms with E-state index >= 15 is 0 Å². The highest BCUT2D eigenvalue weighted by Gasteiger charge is 2.88. The monoisotopic (exact) mass is 396 g/mol. The van der Waals surface area contributed by atoms with Crippen LogP contribution >= 0.6 is 0 Å². The van der Waals surface area contributed by atoms with E-state index in [0.717, 1.165) is 0 Å². The van der Waals surface area contributed by atoms with Crippen LogP contribution in [0.4, 0.5) is 61.5 Å². The Morgan fingerprint density at radius 1 is 0.522 bits per heavy atom. The van der Waals surface area contributed by atoms with Crippen molar-refractivity contribution in [1.82, 2.24) is 0 Å². The molecule has 0 saturated heterocycles. The number of halogens is 14. The van der Waals surface area contributed by atoms with Crippen molar-refractivity contribution in [1.29, 1.82) is 0 Å². The van der Waals surface area contributed by atoms with Gasteiger partial charge in [0.05, 0.1) is 10.2 Å². The van der Waals surface area contributed by atoms with Crippen LogP contribution in [0.1, 0.15) is 0 Å². The second-order valence-corrected chi connectivity index (χ2v) is 5.34. The van der Waals surface area contributed by atoms with Gasteiger partial charge >= 0.3 is 29.6 Å². The summed E-state index contributed by atoms with van der Waals surface area (Å²) in [5.41, 5.74) is 0. The Kier molecular flexibility index (Phi) is 5.75. The summed E-state index contributed by atoms with van der Waals surface area (Å²) >= 11 is 0. The van der Waals surface area contributed by atoms with E-state index in [0.29, 0.717) is 0 Å². The molecule has 0 aromatic carbocycles. The molecule has 0 N–H and O–H groups in total. The Morgan fingerprint density at radius 3 is 1.09 bits per heavy atom. The summed E-state index contributed by atoms with van der Waals surface area (Å²) in [5, 5.41) is 0. The Labute approximate surface area is 121 Å². The van der Waals surface area contributed by atoms with E-state index in [1.54, 1.807) is 0 Å². The lowest BCUT2D eigenvalue weighted by atomic mass is 9.92. The lowest BCUT2D eigenvalue weighted by Gasteiger charge is -2.40. The van der Waals surface area contributed by atoms with E-state index in [1.165, 1.54) is 0 Å². The first-order valence-electron chi connectivity index (χ1n) is 5.25. The summed E-state index contributed by atoms with van der Waals surface area (Å²) in [6, 6.07) is 0. The average molecular weight is 396 g/mol. The summed E-state index contributed by atoms with van der Waals surface area (Å²) in [6.45, 7) is 0. The van der Waals surface area contributed by atoms with E-state index in [9.17, 15) is 61.5 Å². The maximum absolute atomic E-state index is 12.9. The second kappa shape index (κ2) is 5.95. The normalized spacial score (nSPS) is 18.4. The highest BCUT2D eigenvalue weighted by atomic mass is 28.1. The minimum atomic E-state index is -7.75. The van der Waals surface area contributed by atoms with Crippen LogP contribution in [0.15, 0.2) is 0 Å². The Bertz CT molecular complexity index is 415. The number of rotatable bonds is 7. The molecule has 0 amide bonds. The quantitative estimate of drug-likeness (QED) is 0.457. The fraction of sp³-hybridized carbons (Fsp3) is 1.00. The van der Waals surface area contributed by atoms with Gasteiger partial charge in [0.1, 0.15) is 5.79 Å². The van der Waals surface area contributed by atoms with Gasteiger partial charge in [-0.05, 0) is 0 Å². The molecule has 2 atom stereocenters. The second-order valence-electron chi connectivity index (χ2n) is 4.32. The van der Waals surface area contributed by atoms with Gasteiger partial charge in [0.25, 0.3) is 6.43 Å². The molecule has 0 radical (unpaired) electrons. The average Bonchev–Trinajstić information content (AvgIpc) is 2.36. The first-order valence-corrected chi connectivity index (χ1v) is 6.41. The molecule has 0 saturated carbocycles. The highest BCUT2D eigenvalue weighted by molar-refractivity contribution is 6.11. The molecule has 23 heavy (non-hydrogen) atoms. The molecule has 0 aromatic rings. The summed E-state index contributed by atoms with van der Waals surface area (Å²) < 4.78 is 176. The Morgan fingerprint density at radius 2 is 0.826 bits per heavy atom. The minimum absolute atomic E-state index is 1.59. The van der Waals surface area contributed by atoms with Gasteiger partial charge in [0.2, 0.25) is 6.17 Å². The van der Waals surface area contributed by atoms with E-state index in [4.69, 9.17) is 0 Å². The van der Waals surface area contributed by atoms with E-state index in [2.05, 4.69) is 0 Å². The summed E-state index contributed by atoms with van der Waals surface area (Å²) in [5.74, 6) is -40.6. The molecule has 0 aliphatic carbocycles. The van der Waals surface area contributed by atoms with Gasteiger partial charge < -0.3 is 0 Å². The molecule has 0 spiro atoms. The van der Waals surface area contributed by atoms with Crippen molar-refractivity contribution in [3.63, 3.8) is 0 Å². The third-order valence-electron chi connectivity index (χ3n) is 2.69. The molecule has 0 bridgehead atoms. The van der Waals surface area contributed by atoms with Crippen molar-refractivity contribution in [2.24, 2.45) is 0 Å². The predicted molar refractivity (Wildman–Crippen MR) is 50.5 cm³/mol. The molecule has 0 aliphatic heterocycles. The van der Waals surface area contributed by atoms with Crippen LogP contribution < -0.4 is 0 Å². The molecule has 0 heterocycles. The van der Waals surface area contributed by atoms with Gasteiger partial charge in [-0.1, -0.05) is 0 Å². The van der Waals surface area contributed by atoms with Crippen molar-refractivity contribution in [2.45, 2.75) is 48.0 Å². The fourth-order valence-corrected chi connectivity index (χ4v) is 1.56. The molecule has 0 aromatic heterocycles. The molecule has 0 fully saturated rings. The van der Waals surface area contributed by atoms with Crippen molar-refractivity contribution < 1.29 is 61.5 Å². The van der Waals surface area contributed by atoms with Gasteiger partial charge in [-0.25, -0.2) is 17.6 Å². The molecule has 2 unspecified atom stereocenters. The lowest BCUT2D eigenvalue weighted by Crippen LogP contribution is -2.70. The molecule has 140 valence electrons. The number of alkyl halides is 14. The summed E-state index contributed by atoms with van der Waals surface area (Å²) in [6.07, 6.45) is -10.4. The maximum Gasteiger partial charge on any atom is 0.384 e. The van der Waals surface area contributed by atoms with Crippen LogP contribution in [0, 0.1) is 0 Å². The van der Waals surface area contributed by atoms with Gasteiger partial charge in [0.15, 0.2) is 0 Å². The van der Waals surface area contributed by atoms with E-state index in [1.807, 2.05) is 0 Å². The summed E-state index contributed by atoms with van der Waals surface area (Å²) in [7, 11) is -1.59. The molecule has 15 heteroatoms. The van der Waals surface area contributed by atoms with Crippen LogP contribution in [0.5, 0.6) is 0 Å². The van der Waals surface area contributed by atoms with Crippen LogP contribution in [-0.2, 0) is 0 Å². The van der Waals surface area contributed by atoms with E-state index < -0.39 is 58.2 Å². The molecular weight excluding hydrogens is 390 g/mol. The first kappa shape index (κ1) is 22.2. The van der Waals surface area contributed by atoms with Crippen molar-refractivity contribution in [3.05, 3.63) is 0 Å². The van der Waals surface area contributed by atoms with Crippen LogP contribution in [-0.4, -0.2) is 58.2 Å². The third-order valence-corrected chi connectivity index (χ3v) is 3.42. The SMILES string of the molecule is FC(F)C(F)C(F)(F)C(F)(F)C(F)(F)C(F)(F)C(F)(F)C(F)[SiH3]. The smallest absolute Gasteiger partial charge is 0.246 e. The van der Waals surface area contributed by atoms with Crippen molar-refractivity contribution >= 4 is 10.2 Å². The maximum atomic E-state index is 12.9. The standard InChI is InChI=1S/C8H6F14Si/c9-1(2(10)11)4(13,14)6(17,18)8(21,22)7(19,20)5(15,16)3(12)23/h1-3H,23H3. The fourth-order valence-electron chi connectivity index (χ4n) is 1.20. The zero-order valence-electron chi connectivity index (χ0n) is 10.5. The largest absolute Gasteiger partial charge is 0.384 e. The van der Waals surface area contributed by atoms with Gasteiger partial charge in [-0.2, -0.15) is 43.9 Å². The molecular formula is C8H6F14Si. The zero-order chi connectivity index (χ0) is 19.2. The Hall–Kier alpha value is -0.763. The predicted octanol–water partition coefficient (Wildman–Crippen LogP) is 3.43. The molecule has 0 aliphatic rings. The minimum Gasteiger partial charge on any atom is -0.246 e. The molecule has 0 nitrogen and oxygen atoms in total. The summed E-state index contributed by atoms with van der Waals surface area (Å²) in [4.78, 5) is 0. The third kappa shape index (κ3) is 2.99.